The third-order valence-electron chi connectivity index (χ3n) is 3.80. The zero-order chi connectivity index (χ0) is 22.5. The van der Waals surface area contributed by atoms with Crippen molar-refractivity contribution in [1.29, 1.82) is 0 Å². The highest BCUT2D eigenvalue weighted by Gasteiger charge is 2.36. The first kappa shape index (κ1) is 23.0. The van der Waals surface area contributed by atoms with Crippen molar-refractivity contribution in [3.05, 3.63) is 54.1 Å². The van der Waals surface area contributed by atoms with Crippen LogP contribution in [0.3, 0.4) is 0 Å². The van der Waals surface area contributed by atoms with Crippen LogP contribution in [0.4, 0.5) is 13.2 Å². The fourth-order valence-corrected chi connectivity index (χ4v) is 2.53. The first-order valence-electron chi connectivity index (χ1n) is 8.26. The summed E-state index contributed by atoms with van der Waals surface area (Å²) in [6, 6.07) is 15.1. The summed E-state index contributed by atoms with van der Waals surface area (Å²) in [5, 5.41) is 13.0. The number of alkyl halides is 3. The maximum absolute atomic E-state index is 12.5. The number of carbonyl (C=O) groups excluding carboxylic acids is 1. The molecular formula is C18H15F3N2O6S. The molecule has 0 aliphatic rings. The number of fused-ring (bicyclic) bond motifs is 2. The van der Waals surface area contributed by atoms with E-state index in [1.54, 1.807) is 0 Å². The Bertz CT molecular complexity index is 1140. The minimum Gasteiger partial charge on any atom is -0.741 e. The Hall–Kier alpha value is -3.25. The largest absolute Gasteiger partial charge is 0.741 e. The Morgan fingerprint density at radius 1 is 1.00 bits per heavy atom. The number of amides is 1. The van der Waals surface area contributed by atoms with Gasteiger partial charge in [-0.25, -0.2) is 13.4 Å². The second-order valence-electron chi connectivity index (χ2n) is 5.89. The molecule has 0 spiro atoms. The second kappa shape index (κ2) is 9.05. The number of aromatic nitrogens is 1. The molecule has 3 N–H and O–H groups in total. The van der Waals surface area contributed by atoms with Gasteiger partial charge < -0.3 is 15.0 Å². The van der Waals surface area contributed by atoms with Crippen LogP contribution >= 0.6 is 0 Å². The van der Waals surface area contributed by atoms with Gasteiger partial charge in [-0.15, -0.1) is 0 Å². The Labute approximate surface area is 168 Å². The zero-order valence-corrected chi connectivity index (χ0v) is 15.9. The van der Waals surface area contributed by atoms with Crippen LogP contribution in [0, 0.1) is 0 Å². The lowest BCUT2D eigenvalue weighted by atomic mass is 10.0. The summed E-state index contributed by atoms with van der Waals surface area (Å²) in [7, 11) is -6.09. The van der Waals surface area contributed by atoms with E-state index in [-0.39, 0.29) is 18.9 Å². The van der Waals surface area contributed by atoms with Crippen LogP contribution in [0.5, 0.6) is 0 Å². The average Bonchev–Trinajstić information content (AvgIpc) is 2.64. The molecule has 160 valence electrons. The van der Waals surface area contributed by atoms with E-state index in [0.29, 0.717) is 5.56 Å². The normalized spacial score (nSPS) is 11.6. The predicted molar refractivity (Wildman–Crippen MR) is 98.3 cm³/mol. The Morgan fingerprint density at radius 2 is 1.43 bits per heavy atom. The topological polar surface area (TPSA) is 138 Å². The summed E-state index contributed by atoms with van der Waals surface area (Å²) in [5.41, 5.74) is -3.35. The molecule has 0 fully saturated rings. The maximum Gasteiger partial charge on any atom is 0.485 e. The summed E-state index contributed by atoms with van der Waals surface area (Å²) in [6.45, 7) is 0.107. The van der Waals surface area contributed by atoms with E-state index in [1.165, 1.54) is 0 Å². The summed E-state index contributed by atoms with van der Waals surface area (Å²) in [5.74, 6) is -1.20. The summed E-state index contributed by atoms with van der Waals surface area (Å²) in [6.07, 6.45) is -0.0967. The fraction of sp³-hybridized carbons (Fsp3) is 0.167. The molecule has 1 heterocycles. The van der Waals surface area contributed by atoms with E-state index >= 15 is 0 Å². The van der Waals surface area contributed by atoms with E-state index < -0.39 is 21.6 Å². The third-order valence-corrected chi connectivity index (χ3v) is 4.36. The SMILES string of the molecule is O=C(O)CCNC(=O)c1c2ccccc2[nH+]c2ccccc12.O=S(=O)([O-])C(F)(F)F. The van der Waals surface area contributed by atoms with Gasteiger partial charge in [0.1, 0.15) is 0 Å². The quantitative estimate of drug-likeness (QED) is 0.359. The number of aliphatic carboxylic acids is 1. The van der Waals surface area contributed by atoms with E-state index in [0.717, 1.165) is 21.8 Å². The van der Waals surface area contributed by atoms with Gasteiger partial charge in [-0.3, -0.25) is 9.59 Å². The number of rotatable bonds is 4. The molecule has 0 atom stereocenters. The van der Waals surface area contributed by atoms with E-state index in [1.807, 2.05) is 48.5 Å². The second-order valence-corrected chi connectivity index (χ2v) is 7.26. The lowest BCUT2D eigenvalue weighted by Gasteiger charge is -2.08. The molecule has 0 radical (unpaired) electrons. The van der Waals surface area contributed by atoms with Gasteiger partial charge in [0.25, 0.3) is 5.91 Å². The van der Waals surface area contributed by atoms with E-state index in [4.69, 9.17) is 18.1 Å². The first-order valence-corrected chi connectivity index (χ1v) is 9.67. The Morgan fingerprint density at radius 3 is 1.83 bits per heavy atom. The van der Waals surface area contributed by atoms with Gasteiger partial charge in [0.2, 0.25) is 11.0 Å². The number of hydrogen-bond acceptors (Lipinski definition) is 5. The Kier molecular flexibility index (Phi) is 6.95. The maximum atomic E-state index is 12.5. The highest BCUT2D eigenvalue weighted by Crippen LogP contribution is 2.23. The average molecular weight is 444 g/mol. The fourth-order valence-electron chi connectivity index (χ4n) is 2.53. The molecule has 8 nitrogen and oxygen atoms in total. The molecule has 0 saturated heterocycles. The number of hydrogen-bond donors (Lipinski definition) is 2. The zero-order valence-electron chi connectivity index (χ0n) is 15.1. The van der Waals surface area contributed by atoms with Crippen molar-refractivity contribution in [1.82, 2.24) is 5.32 Å². The van der Waals surface area contributed by atoms with Crippen molar-refractivity contribution in [2.24, 2.45) is 0 Å². The number of para-hydroxylation sites is 2. The lowest BCUT2D eigenvalue weighted by Crippen LogP contribution is -2.27. The molecule has 2 aromatic carbocycles. The van der Waals surface area contributed by atoms with Crippen molar-refractivity contribution in [3.8, 4) is 0 Å². The van der Waals surface area contributed by atoms with Gasteiger partial charge in [0.15, 0.2) is 10.1 Å². The number of carboxylic acids is 1. The van der Waals surface area contributed by atoms with Crippen LogP contribution in [0.1, 0.15) is 16.8 Å². The van der Waals surface area contributed by atoms with Crippen molar-refractivity contribution in [2.75, 3.05) is 6.54 Å². The molecule has 0 bridgehead atoms. The van der Waals surface area contributed by atoms with Crippen LogP contribution in [0.15, 0.2) is 48.5 Å². The number of carbonyl (C=O) groups is 2. The van der Waals surface area contributed by atoms with Crippen LogP contribution in [0.25, 0.3) is 21.8 Å². The number of pyridine rings is 1. The van der Waals surface area contributed by atoms with E-state index in [9.17, 15) is 22.8 Å². The molecule has 0 aliphatic heterocycles. The van der Waals surface area contributed by atoms with Gasteiger partial charge in [0, 0.05) is 18.7 Å². The molecule has 30 heavy (non-hydrogen) atoms. The van der Waals surface area contributed by atoms with Crippen LogP contribution < -0.4 is 10.3 Å². The molecule has 3 aromatic rings. The lowest BCUT2D eigenvalue weighted by molar-refractivity contribution is -0.310. The van der Waals surface area contributed by atoms with Gasteiger partial charge in [0.05, 0.1) is 22.8 Å². The highest BCUT2D eigenvalue weighted by molar-refractivity contribution is 7.86. The van der Waals surface area contributed by atoms with Crippen LogP contribution in [0.2, 0.25) is 0 Å². The van der Waals surface area contributed by atoms with Gasteiger partial charge in [-0.05, 0) is 12.1 Å². The summed E-state index contributed by atoms with van der Waals surface area (Å²) >= 11 is 0. The van der Waals surface area contributed by atoms with Crippen molar-refractivity contribution >= 4 is 43.8 Å². The Balaban J connectivity index is 0.000000343. The molecule has 3 rings (SSSR count). The number of benzene rings is 2. The van der Waals surface area contributed by atoms with Gasteiger partial charge in [-0.2, -0.15) is 13.2 Å². The molecule has 1 amide bonds. The number of halogens is 3. The number of aromatic amines is 1. The van der Waals surface area contributed by atoms with E-state index in [2.05, 4.69) is 10.3 Å². The van der Waals surface area contributed by atoms with Crippen LogP contribution in [-0.4, -0.2) is 42.0 Å². The molecule has 1 aromatic heterocycles. The molecule has 12 heteroatoms. The molecule has 0 unspecified atom stereocenters. The summed E-state index contributed by atoms with van der Waals surface area (Å²) in [4.78, 5) is 26.4. The standard InChI is InChI=1S/C17H14N2O3.CHF3O3S/c20-15(21)9-10-18-17(22)16-11-5-1-3-7-13(11)19-14-8-4-2-6-12(14)16;2-1(3,4)8(5,6)7/h1-8H,9-10H2,(H,18,22)(H,20,21);(H,5,6,7). The summed E-state index contributed by atoms with van der Waals surface area (Å²) < 4.78 is 58.9. The number of carboxylic acid groups (broad SMARTS) is 1. The molecular weight excluding hydrogens is 429 g/mol. The van der Waals surface area contributed by atoms with Crippen molar-refractivity contribution < 1.29 is 45.8 Å². The monoisotopic (exact) mass is 444 g/mol. The minimum atomic E-state index is -6.09. The van der Waals surface area contributed by atoms with Crippen molar-refractivity contribution in [2.45, 2.75) is 11.9 Å². The predicted octanol–water partition coefficient (Wildman–Crippen LogP) is 2.06. The number of H-pyrrole nitrogens is 1. The van der Waals surface area contributed by atoms with Crippen molar-refractivity contribution in [3.63, 3.8) is 0 Å². The number of nitrogens with one attached hydrogen (secondary N) is 2. The van der Waals surface area contributed by atoms with Gasteiger partial charge in [-0.1, -0.05) is 24.3 Å². The third kappa shape index (κ3) is 5.64. The van der Waals surface area contributed by atoms with Gasteiger partial charge >= 0.3 is 11.5 Å². The molecule has 0 saturated carbocycles. The first-order chi connectivity index (χ1) is 13.9. The smallest absolute Gasteiger partial charge is 0.485 e. The van der Waals surface area contributed by atoms with Crippen LogP contribution in [-0.2, 0) is 14.9 Å². The highest BCUT2D eigenvalue weighted by atomic mass is 32.2. The molecule has 0 aliphatic carbocycles. The minimum absolute atomic E-state index is 0.0967.